The minimum absolute atomic E-state index is 0.0368. The number of anilines is 2. The Morgan fingerprint density at radius 3 is 2.52 bits per heavy atom. The van der Waals surface area contributed by atoms with Gasteiger partial charge in [-0.05, 0) is 31.0 Å². The zero-order chi connectivity index (χ0) is 23.5. The summed E-state index contributed by atoms with van der Waals surface area (Å²) in [6.45, 7) is 1.23. The highest BCUT2D eigenvalue weighted by molar-refractivity contribution is 6.32. The van der Waals surface area contributed by atoms with Gasteiger partial charge in [-0.15, -0.1) is 0 Å². The van der Waals surface area contributed by atoms with E-state index in [4.69, 9.17) is 21.1 Å². The number of carbonyl (C=O) groups excluding carboxylic acids is 1. The van der Waals surface area contributed by atoms with Gasteiger partial charge in [0.05, 0.1) is 36.0 Å². The summed E-state index contributed by atoms with van der Waals surface area (Å²) in [5, 5.41) is 6.14. The van der Waals surface area contributed by atoms with Crippen LogP contribution in [0.25, 0.3) is 11.0 Å². The van der Waals surface area contributed by atoms with Crippen molar-refractivity contribution < 1.29 is 14.3 Å². The lowest BCUT2D eigenvalue weighted by Gasteiger charge is -2.33. The maximum Gasteiger partial charge on any atom is 0.319 e. The van der Waals surface area contributed by atoms with E-state index < -0.39 is 0 Å². The Hall–Kier alpha value is -3.46. The second-order valence-corrected chi connectivity index (χ2v) is 8.24. The second-order valence-electron chi connectivity index (χ2n) is 7.84. The van der Waals surface area contributed by atoms with Crippen molar-refractivity contribution in [1.29, 1.82) is 0 Å². The topological polar surface area (TPSA) is 97.7 Å². The SMILES string of the molecule is COc1cc(OC)c(NC(=O)NC2CCN(c3nc4ccccc4n(C)c3=O)CC2)cc1Cl. The molecule has 0 spiro atoms. The van der Waals surface area contributed by atoms with Gasteiger partial charge in [-0.1, -0.05) is 23.7 Å². The average Bonchev–Trinajstić information content (AvgIpc) is 2.82. The number of nitrogens with zero attached hydrogens (tertiary/aromatic N) is 3. The van der Waals surface area contributed by atoms with Gasteiger partial charge in [0, 0.05) is 32.2 Å². The number of methoxy groups -OCH3 is 2. The molecule has 0 saturated carbocycles. The molecule has 1 aromatic heterocycles. The van der Waals surface area contributed by atoms with Crippen molar-refractivity contribution in [1.82, 2.24) is 14.9 Å². The van der Waals surface area contributed by atoms with Gasteiger partial charge in [0.25, 0.3) is 5.56 Å². The van der Waals surface area contributed by atoms with E-state index in [1.54, 1.807) is 23.7 Å². The third-order valence-electron chi connectivity index (χ3n) is 5.82. The van der Waals surface area contributed by atoms with Crippen molar-refractivity contribution in [2.75, 3.05) is 37.5 Å². The summed E-state index contributed by atoms with van der Waals surface area (Å²) in [4.78, 5) is 32.0. The maximum atomic E-state index is 12.8. The first-order chi connectivity index (χ1) is 15.9. The van der Waals surface area contributed by atoms with Crippen LogP contribution in [0.3, 0.4) is 0 Å². The van der Waals surface area contributed by atoms with E-state index in [0.29, 0.717) is 54.0 Å². The third-order valence-corrected chi connectivity index (χ3v) is 6.11. The normalized spacial score (nSPS) is 14.2. The molecule has 1 aliphatic heterocycles. The molecule has 174 valence electrons. The average molecular weight is 472 g/mol. The number of aryl methyl sites for hydroxylation is 1. The minimum atomic E-state index is -0.354. The molecule has 2 N–H and O–H groups in total. The van der Waals surface area contributed by atoms with Crippen molar-refractivity contribution in [2.24, 2.45) is 7.05 Å². The number of halogens is 1. The van der Waals surface area contributed by atoms with E-state index in [1.807, 2.05) is 29.2 Å². The monoisotopic (exact) mass is 471 g/mol. The molecule has 0 radical (unpaired) electrons. The number of urea groups is 1. The Kier molecular flexibility index (Phi) is 6.60. The molecule has 10 heteroatoms. The molecule has 0 bridgehead atoms. The molecular weight excluding hydrogens is 446 g/mol. The largest absolute Gasteiger partial charge is 0.495 e. The predicted octanol–water partition coefficient (Wildman–Crippen LogP) is 3.39. The number of nitrogens with one attached hydrogen (secondary N) is 2. The van der Waals surface area contributed by atoms with E-state index in [1.165, 1.54) is 14.2 Å². The molecule has 3 aromatic rings. The van der Waals surface area contributed by atoms with E-state index in [-0.39, 0.29) is 17.6 Å². The highest BCUT2D eigenvalue weighted by atomic mass is 35.5. The fourth-order valence-corrected chi connectivity index (χ4v) is 4.25. The van der Waals surface area contributed by atoms with Crippen molar-refractivity contribution >= 4 is 40.2 Å². The standard InChI is InChI=1S/C23H26ClN5O4/c1-28-18-7-5-4-6-16(18)26-21(22(28)30)29-10-8-14(9-11-29)25-23(31)27-17-12-15(24)19(32-2)13-20(17)33-3/h4-7,12-14H,8-11H2,1-3H3,(H2,25,27,31). The number of fused-ring (bicyclic) bond motifs is 1. The summed E-state index contributed by atoms with van der Waals surface area (Å²) < 4.78 is 12.1. The maximum absolute atomic E-state index is 12.8. The molecular formula is C23H26ClN5O4. The number of carbonyl (C=O) groups is 1. The lowest BCUT2D eigenvalue weighted by Crippen LogP contribution is -2.47. The quantitative estimate of drug-likeness (QED) is 0.592. The zero-order valence-corrected chi connectivity index (χ0v) is 19.5. The number of ether oxygens (including phenoxy) is 2. The highest BCUT2D eigenvalue weighted by Crippen LogP contribution is 2.35. The van der Waals surface area contributed by atoms with E-state index in [9.17, 15) is 9.59 Å². The van der Waals surface area contributed by atoms with Crippen molar-refractivity contribution in [2.45, 2.75) is 18.9 Å². The fourth-order valence-electron chi connectivity index (χ4n) is 4.01. The third kappa shape index (κ3) is 4.68. The second kappa shape index (κ2) is 9.58. The Bertz CT molecular complexity index is 1240. The van der Waals surface area contributed by atoms with Crippen molar-refractivity contribution in [3.63, 3.8) is 0 Å². The van der Waals surface area contributed by atoms with Crippen molar-refractivity contribution in [3.8, 4) is 11.5 Å². The van der Waals surface area contributed by atoms with Crippen LogP contribution in [0, 0.1) is 0 Å². The first-order valence-electron chi connectivity index (χ1n) is 10.6. The molecule has 0 unspecified atom stereocenters. The lowest BCUT2D eigenvalue weighted by atomic mass is 10.1. The van der Waals surface area contributed by atoms with Gasteiger partial charge >= 0.3 is 6.03 Å². The summed E-state index contributed by atoms with van der Waals surface area (Å²) >= 11 is 6.18. The first kappa shape index (κ1) is 22.7. The number of para-hydroxylation sites is 2. The Morgan fingerprint density at radius 2 is 1.82 bits per heavy atom. The van der Waals surface area contributed by atoms with Crippen LogP contribution in [0.5, 0.6) is 11.5 Å². The van der Waals surface area contributed by atoms with Crippen molar-refractivity contribution in [3.05, 3.63) is 51.8 Å². The molecule has 1 aliphatic rings. The summed E-state index contributed by atoms with van der Waals surface area (Å²) in [6, 6.07) is 10.4. The lowest BCUT2D eigenvalue weighted by molar-refractivity contribution is 0.245. The minimum Gasteiger partial charge on any atom is -0.495 e. The first-order valence-corrected chi connectivity index (χ1v) is 11.0. The van der Waals surface area contributed by atoms with Crippen LogP contribution in [0.1, 0.15) is 12.8 Å². The van der Waals surface area contributed by atoms with Gasteiger partial charge < -0.3 is 29.6 Å². The Balaban J connectivity index is 1.40. The number of piperidine rings is 1. The number of hydrogen-bond acceptors (Lipinski definition) is 6. The van der Waals surface area contributed by atoms with Gasteiger partial charge in [0.2, 0.25) is 0 Å². The molecule has 2 amide bonds. The van der Waals surface area contributed by atoms with Crippen LogP contribution >= 0.6 is 11.6 Å². The highest BCUT2D eigenvalue weighted by Gasteiger charge is 2.24. The van der Waals surface area contributed by atoms with E-state index in [0.717, 1.165) is 11.0 Å². The molecule has 0 aliphatic carbocycles. The summed E-state index contributed by atoms with van der Waals surface area (Å²) in [5.74, 6) is 1.34. The predicted molar refractivity (Wildman–Crippen MR) is 129 cm³/mol. The molecule has 1 fully saturated rings. The van der Waals surface area contributed by atoms with Crippen LogP contribution in [-0.2, 0) is 7.05 Å². The fraction of sp³-hybridized carbons (Fsp3) is 0.348. The van der Waals surface area contributed by atoms with Crippen LogP contribution in [0.15, 0.2) is 41.2 Å². The zero-order valence-electron chi connectivity index (χ0n) is 18.7. The van der Waals surface area contributed by atoms with Gasteiger partial charge in [-0.25, -0.2) is 9.78 Å². The number of benzene rings is 2. The smallest absolute Gasteiger partial charge is 0.319 e. The summed E-state index contributed by atoms with van der Waals surface area (Å²) in [7, 11) is 4.77. The van der Waals surface area contributed by atoms with Crippen LogP contribution in [0.4, 0.5) is 16.3 Å². The van der Waals surface area contributed by atoms with Crippen LogP contribution in [-0.4, -0.2) is 48.9 Å². The van der Waals surface area contributed by atoms with E-state index >= 15 is 0 Å². The summed E-state index contributed by atoms with van der Waals surface area (Å²) in [6.07, 6.45) is 1.37. The molecule has 2 heterocycles. The molecule has 4 rings (SSSR count). The number of amides is 2. The number of rotatable bonds is 5. The molecule has 33 heavy (non-hydrogen) atoms. The van der Waals surface area contributed by atoms with E-state index in [2.05, 4.69) is 15.6 Å². The Morgan fingerprint density at radius 1 is 1.12 bits per heavy atom. The Labute approximate surface area is 196 Å². The van der Waals surface area contributed by atoms with Crippen LogP contribution < -0.4 is 30.6 Å². The molecule has 2 aromatic carbocycles. The number of hydrogen-bond donors (Lipinski definition) is 2. The molecule has 0 atom stereocenters. The van der Waals surface area contributed by atoms with Gasteiger partial charge in [0.15, 0.2) is 5.82 Å². The van der Waals surface area contributed by atoms with Gasteiger partial charge in [0.1, 0.15) is 11.5 Å². The summed E-state index contributed by atoms with van der Waals surface area (Å²) in [5.41, 5.74) is 1.90. The molecule has 1 saturated heterocycles. The van der Waals surface area contributed by atoms with Crippen LogP contribution in [0.2, 0.25) is 5.02 Å². The number of aromatic nitrogens is 2. The van der Waals surface area contributed by atoms with Gasteiger partial charge in [-0.3, -0.25) is 4.79 Å². The molecule has 9 nitrogen and oxygen atoms in total. The van der Waals surface area contributed by atoms with Gasteiger partial charge in [-0.2, -0.15) is 0 Å².